The highest BCUT2D eigenvalue weighted by Crippen LogP contribution is 2.36. The summed E-state index contributed by atoms with van der Waals surface area (Å²) in [5.74, 6) is -0.280. The number of imidazole rings is 1. The number of hydrogen-bond acceptors (Lipinski definition) is 5. The number of unbranched alkanes of at least 4 members (excludes halogenated alkanes) is 1. The molecule has 0 aliphatic carbocycles. The van der Waals surface area contributed by atoms with Gasteiger partial charge in [0.2, 0.25) is 0 Å². The molecule has 1 heterocycles. The molecule has 1 aromatic heterocycles. The predicted octanol–water partition coefficient (Wildman–Crippen LogP) is 7.96. The largest absolute Gasteiger partial charge is 0.465 e. The Morgan fingerprint density at radius 2 is 1.51 bits per heavy atom. The van der Waals surface area contributed by atoms with E-state index in [1.807, 2.05) is 11.8 Å². The summed E-state index contributed by atoms with van der Waals surface area (Å²) in [7, 11) is 1.28. The summed E-state index contributed by atoms with van der Waals surface area (Å²) in [5.41, 5.74) is 1.44. The smallest absolute Gasteiger partial charge is 0.435 e. The summed E-state index contributed by atoms with van der Waals surface area (Å²) in [6.07, 6.45) is -3.27. The summed E-state index contributed by atoms with van der Waals surface area (Å²) < 4.78 is 79.5. The zero-order valence-corrected chi connectivity index (χ0v) is 23.8. The van der Waals surface area contributed by atoms with E-state index in [9.17, 15) is 26.7 Å². The van der Waals surface area contributed by atoms with Gasteiger partial charge in [-0.3, -0.25) is 4.90 Å². The summed E-state index contributed by atoms with van der Waals surface area (Å²) in [6, 6.07) is 21.4. The molecule has 0 spiro atoms. The van der Waals surface area contributed by atoms with E-state index in [4.69, 9.17) is 4.74 Å². The topological polar surface area (TPSA) is 56.6 Å². The normalized spacial score (nSPS) is 11.7. The number of nitrogens with zero attached hydrogens (tertiary/aromatic N) is 3. The average Bonchev–Trinajstić information content (AvgIpc) is 3.35. The summed E-state index contributed by atoms with van der Waals surface area (Å²) in [6.45, 7) is -0.335. The maximum absolute atomic E-state index is 14.5. The van der Waals surface area contributed by atoms with E-state index < -0.39 is 24.5 Å². The number of esters is 1. The first-order valence-corrected chi connectivity index (χ1v) is 13.7. The molecular formula is C32H32F5N3O3. The zero-order chi connectivity index (χ0) is 31.0. The first kappa shape index (κ1) is 31.7. The monoisotopic (exact) mass is 601 g/mol. The van der Waals surface area contributed by atoms with Gasteiger partial charge >= 0.3 is 18.8 Å². The van der Waals surface area contributed by atoms with E-state index >= 15 is 0 Å². The van der Waals surface area contributed by atoms with E-state index in [1.165, 1.54) is 19.2 Å². The van der Waals surface area contributed by atoms with Crippen molar-refractivity contribution in [3.63, 3.8) is 0 Å². The second kappa shape index (κ2) is 14.3. The number of benzene rings is 3. The van der Waals surface area contributed by atoms with Crippen LogP contribution in [0.1, 0.15) is 52.6 Å². The van der Waals surface area contributed by atoms with Gasteiger partial charge in [-0.15, -0.1) is 0 Å². The lowest BCUT2D eigenvalue weighted by Gasteiger charge is -2.25. The molecular weight excluding hydrogens is 569 g/mol. The van der Waals surface area contributed by atoms with Crippen LogP contribution in [0.25, 0.3) is 11.4 Å². The van der Waals surface area contributed by atoms with Crippen LogP contribution < -0.4 is 4.74 Å². The number of rotatable bonds is 13. The van der Waals surface area contributed by atoms with Crippen LogP contribution in [0.2, 0.25) is 0 Å². The third-order valence-electron chi connectivity index (χ3n) is 6.82. The number of hydrogen-bond donors (Lipinski definition) is 0. The second-order valence-corrected chi connectivity index (χ2v) is 9.96. The van der Waals surface area contributed by atoms with Crippen LogP contribution in [0.4, 0.5) is 22.0 Å². The highest BCUT2D eigenvalue weighted by molar-refractivity contribution is 5.89. The Labute approximate surface area is 246 Å². The van der Waals surface area contributed by atoms with Gasteiger partial charge < -0.3 is 14.0 Å². The highest BCUT2D eigenvalue weighted by atomic mass is 19.4. The Morgan fingerprint density at radius 3 is 2.05 bits per heavy atom. The average molecular weight is 602 g/mol. The summed E-state index contributed by atoms with van der Waals surface area (Å²) in [5, 5.41) is 0. The first-order valence-electron chi connectivity index (χ1n) is 13.7. The zero-order valence-electron chi connectivity index (χ0n) is 23.8. The van der Waals surface area contributed by atoms with Crippen LogP contribution in [-0.4, -0.2) is 34.1 Å². The minimum Gasteiger partial charge on any atom is -0.465 e. The van der Waals surface area contributed by atoms with Gasteiger partial charge in [-0.2, -0.15) is 22.0 Å². The molecule has 0 N–H and O–H groups in total. The van der Waals surface area contributed by atoms with Gasteiger partial charge in [0.25, 0.3) is 0 Å². The van der Waals surface area contributed by atoms with Gasteiger partial charge in [0.15, 0.2) is 5.69 Å². The van der Waals surface area contributed by atoms with Crippen molar-refractivity contribution >= 4 is 5.97 Å². The van der Waals surface area contributed by atoms with Crippen LogP contribution >= 0.6 is 0 Å². The van der Waals surface area contributed by atoms with Gasteiger partial charge in [0, 0.05) is 31.7 Å². The summed E-state index contributed by atoms with van der Waals surface area (Å²) >= 11 is 0. The minimum absolute atomic E-state index is 0.0202. The van der Waals surface area contributed by atoms with Crippen molar-refractivity contribution in [1.29, 1.82) is 0 Å². The first-order chi connectivity index (χ1) is 20.6. The van der Waals surface area contributed by atoms with Crippen molar-refractivity contribution in [3.8, 4) is 17.1 Å². The lowest BCUT2D eigenvalue weighted by atomic mass is 10.1. The number of methoxy groups -OCH3 is 1. The number of halogens is 5. The molecule has 0 saturated carbocycles. The third-order valence-corrected chi connectivity index (χ3v) is 6.82. The maximum atomic E-state index is 14.5. The molecule has 11 heteroatoms. The van der Waals surface area contributed by atoms with Crippen LogP contribution in [0.3, 0.4) is 0 Å². The van der Waals surface area contributed by atoms with Crippen molar-refractivity contribution in [2.75, 3.05) is 7.11 Å². The molecule has 0 aliphatic heterocycles. The lowest BCUT2D eigenvalue weighted by molar-refractivity contribution is -0.141. The molecule has 228 valence electrons. The molecule has 0 bridgehead atoms. The number of carbonyl (C=O) groups excluding carboxylic acids is 1. The molecule has 0 atom stereocenters. The van der Waals surface area contributed by atoms with Gasteiger partial charge in [0.05, 0.1) is 18.4 Å². The Kier molecular flexibility index (Phi) is 10.5. The SMILES string of the molecule is CCCCn1c(-c2ccccc2)nc(C(F)(F)F)c1CN(Cc1ccc(OC(F)F)cc1)Cc1ccc(C(=O)OC)cc1. The molecule has 4 rings (SSSR count). The van der Waals surface area contributed by atoms with Gasteiger partial charge in [0.1, 0.15) is 11.6 Å². The van der Waals surface area contributed by atoms with E-state index in [0.717, 1.165) is 12.0 Å². The molecule has 0 unspecified atom stereocenters. The molecule has 6 nitrogen and oxygen atoms in total. The highest BCUT2D eigenvalue weighted by Gasteiger charge is 2.39. The number of ether oxygens (including phenoxy) is 2. The number of carbonyl (C=O) groups is 1. The molecule has 0 amide bonds. The quantitative estimate of drug-likeness (QED) is 0.115. The van der Waals surface area contributed by atoms with Gasteiger partial charge in [-0.1, -0.05) is 67.9 Å². The molecule has 0 radical (unpaired) electrons. The predicted molar refractivity (Wildman–Crippen MR) is 151 cm³/mol. The molecule has 4 aromatic rings. The molecule has 0 aliphatic rings. The standard InChI is InChI=1S/C32H32F5N3O3/c1-3-4-18-40-27(28(32(35,36)37)38-29(40)24-8-6-5-7-9-24)21-39(19-22-10-14-25(15-11-22)30(41)42-2)20-23-12-16-26(17-13-23)43-31(33)34/h5-17,31H,3-4,18-21H2,1-2H3. The van der Waals surface area contributed by atoms with Crippen molar-refractivity contribution in [3.05, 3.63) is 107 Å². The summed E-state index contributed by atoms with van der Waals surface area (Å²) in [4.78, 5) is 17.8. The van der Waals surface area contributed by atoms with Crippen molar-refractivity contribution < 1.29 is 36.2 Å². The number of alkyl halides is 5. The molecule has 43 heavy (non-hydrogen) atoms. The second-order valence-electron chi connectivity index (χ2n) is 9.96. The number of aromatic nitrogens is 2. The fourth-order valence-electron chi connectivity index (χ4n) is 4.77. The van der Waals surface area contributed by atoms with Crippen molar-refractivity contribution in [2.45, 2.75) is 58.7 Å². The van der Waals surface area contributed by atoms with Gasteiger partial charge in [-0.25, -0.2) is 9.78 Å². The van der Waals surface area contributed by atoms with Crippen LogP contribution in [0.5, 0.6) is 5.75 Å². The Morgan fingerprint density at radius 1 is 0.907 bits per heavy atom. The third kappa shape index (κ3) is 8.41. The van der Waals surface area contributed by atoms with E-state index in [-0.39, 0.29) is 36.9 Å². The van der Waals surface area contributed by atoms with Gasteiger partial charge in [-0.05, 0) is 41.8 Å². The van der Waals surface area contributed by atoms with Crippen LogP contribution in [0, 0.1) is 0 Å². The fraction of sp³-hybridized carbons (Fsp3) is 0.312. The van der Waals surface area contributed by atoms with E-state index in [1.54, 1.807) is 71.3 Å². The fourth-order valence-corrected chi connectivity index (χ4v) is 4.77. The molecule has 0 fully saturated rings. The molecule has 0 saturated heterocycles. The molecule has 3 aromatic carbocycles. The van der Waals surface area contributed by atoms with Crippen LogP contribution in [0.15, 0.2) is 78.9 Å². The van der Waals surface area contributed by atoms with Crippen molar-refractivity contribution in [2.24, 2.45) is 0 Å². The maximum Gasteiger partial charge on any atom is 0.435 e. The van der Waals surface area contributed by atoms with Crippen LogP contribution in [-0.2, 0) is 37.1 Å². The Bertz CT molecular complexity index is 1470. The van der Waals surface area contributed by atoms with E-state index in [2.05, 4.69) is 9.72 Å². The van der Waals surface area contributed by atoms with Crippen molar-refractivity contribution in [1.82, 2.24) is 14.5 Å². The van der Waals surface area contributed by atoms with E-state index in [0.29, 0.717) is 29.7 Å². The Hall–Kier alpha value is -4.25. The minimum atomic E-state index is -4.70. The Balaban J connectivity index is 1.75. The lowest BCUT2D eigenvalue weighted by Crippen LogP contribution is -2.26.